The average Bonchev–Trinajstić information content (AvgIpc) is 2.26. The SMILES string of the molecule is CC(C)(C)OC(=O)NCCC=Cc1cc(Cl)ccn1. The first-order valence-electron chi connectivity index (χ1n) is 6.12. The van der Waals surface area contributed by atoms with Crippen molar-refractivity contribution in [3.05, 3.63) is 35.1 Å². The maximum absolute atomic E-state index is 11.3. The van der Waals surface area contributed by atoms with Crippen molar-refractivity contribution < 1.29 is 9.53 Å². The number of rotatable bonds is 4. The second kappa shape index (κ2) is 7.14. The predicted molar refractivity (Wildman–Crippen MR) is 77.1 cm³/mol. The molecule has 0 aliphatic rings. The van der Waals surface area contributed by atoms with E-state index in [1.165, 1.54) is 0 Å². The molecule has 1 aromatic heterocycles. The molecule has 0 radical (unpaired) electrons. The lowest BCUT2D eigenvalue weighted by Gasteiger charge is -2.19. The van der Waals surface area contributed by atoms with Gasteiger partial charge in [0.15, 0.2) is 0 Å². The summed E-state index contributed by atoms with van der Waals surface area (Å²) in [5, 5.41) is 3.33. The maximum atomic E-state index is 11.3. The molecule has 19 heavy (non-hydrogen) atoms. The molecule has 0 fully saturated rings. The lowest BCUT2D eigenvalue weighted by molar-refractivity contribution is 0.0529. The molecule has 4 nitrogen and oxygen atoms in total. The molecule has 5 heteroatoms. The zero-order valence-electron chi connectivity index (χ0n) is 11.4. The number of aromatic nitrogens is 1. The van der Waals surface area contributed by atoms with E-state index in [0.29, 0.717) is 18.0 Å². The van der Waals surface area contributed by atoms with Crippen LogP contribution in [0.3, 0.4) is 0 Å². The Hall–Kier alpha value is -1.55. The van der Waals surface area contributed by atoms with Gasteiger partial charge in [-0.15, -0.1) is 0 Å². The number of pyridine rings is 1. The van der Waals surface area contributed by atoms with Crippen molar-refractivity contribution in [1.29, 1.82) is 0 Å². The van der Waals surface area contributed by atoms with Crippen LogP contribution in [0, 0.1) is 0 Å². The number of carbonyl (C=O) groups excluding carboxylic acids is 1. The quantitative estimate of drug-likeness (QED) is 0.858. The van der Waals surface area contributed by atoms with Crippen LogP contribution in [-0.2, 0) is 4.74 Å². The number of amides is 1. The van der Waals surface area contributed by atoms with Crippen LogP contribution < -0.4 is 5.32 Å². The summed E-state index contributed by atoms with van der Waals surface area (Å²) < 4.78 is 5.11. The number of ether oxygens (including phenoxy) is 1. The van der Waals surface area contributed by atoms with Crippen molar-refractivity contribution in [3.8, 4) is 0 Å². The minimum Gasteiger partial charge on any atom is -0.444 e. The minimum atomic E-state index is -0.468. The molecule has 0 saturated heterocycles. The van der Waals surface area contributed by atoms with Crippen molar-refractivity contribution in [1.82, 2.24) is 10.3 Å². The maximum Gasteiger partial charge on any atom is 0.407 e. The van der Waals surface area contributed by atoms with E-state index in [9.17, 15) is 4.79 Å². The van der Waals surface area contributed by atoms with Gasteiger partial charge in [0.05, 0.1) is 5.69 Å². The molecule has 0 atom stereocenters. The highest BCUT2D eigenvalue weighted by molar-refractivity contribution is 6.30. The molecule has 0 aliphatic carbocycles. The molecule has 104 valence electrons. The standard InChI is InChI=1S/C14H19ClN2O2/c1-14(2,3)19-13(18)17-8-5-4-6-12-10-11(15)7-9-16-12/h4,6-7,9-10H,5,8H2,1-3H3,(H,17,18). The predicted octanol–water partition coefficient (Wildman–Crippen LogP) is 3.66. The van der Waals surface area contributed by atoms with E-state index < -0.39 is 11.7 Å². The largest absolute Gasteiger partial charge is 0.444 e. The molecule has 1 amide bonds. The number of nitrogens with zero attached hydrogens (tertiary/aromatic N) is 1. The van der Waals surface area contributed by atoms with Gasteiger partial charge in [-0.05, 0) is 45.4 Å². The van der Waals surface area contributed by atoms with E-state index in [2.05, 4.69) is 10.3 Å². The van der Waals surface area contributed by atoms with Gasteiger partial charge in [0.1, 0.15) is 5.60 Å². The zero-order chi connectivity index (χ0) is 14.3. The van der Waals surface area contributed by atoms with Crippen LogP contribution in [0.1, 0.15) is 32.9 Å². The van der Waals surface area contributed by atoms with Gasteiger partial charge in [-0.2, -0.15) is 0 Å². The normalized spacial score (nSPS) is 11.6. The summed E-state index contributed by atoms with van der Waals surface area (Å²) in [4.78, 5) is 15.5. The summed E-state index contributed by atoms with van der Waals surface area (Å²) in [6.45, 7) is 6.01. The molecular weight excluding hydrogens is 264 g/mol. The van der Waals surface area contributed by atoms with Crippen molar-refractivity contribution in [3.63, 3.8) is 0 Å². The van der Waals surface area contributed by atoms with Crippen LogP contribution in [0.25, 0.3) is 6.08 Å². The fourth-order valence-corrected chi connectivity index (χ4v) is 1.46. The summed E-state index contributed by atoms with van der Waals surface area (Å²) in [5.41, 5.74) is 0.328. The zero-order valence-corrected chi connectivity index (χ0v) is 12.2. The first kappa shape index (κ1) is 15.5. The Morgan fingerprint density at radius 3 is 2.89 bits per heavy atom. The summed E-state index contributed by atoms with van der Waals surface area (Å²) >= 11 is 5.84. The second-order valence-corrected chi connectivity index (χ2v) is 5.46. The van der Waals surface area contributed by atoms with Gasteiger partial charge in [0.2, 0.25) is 0 Å². The fraction of sp³-hybridized carbons (Fsp3) is 0.429. The average molecular weight is 283 g/mol. The molecular formula is C14H19ClN2O2. The van der Waals surface area contributed by atoms with E-state index in [-0.39, 0.29) is 0 Å². The highest BCUT2D eigenvalue weighted by atomic mass is 35.5. The van der Waals surface area contributed by atoms with Gasteiger partial charge in [-0.25, -0.2) is 4.79 Å². The van der Waals surface area contributed by atoms with Crippen LogP contribution in [0.2, 0.25) is 5.02 Å². The van der Waals surface area contributed by atoms with E-state index in [1.807, 2.05) is 32.9 Å². The Balaban J connectivity index is 2.26. The summed E-state index contributed by atoms with van der Waals surface area (Å²) in [5.74, 6) is 0. The first-order valence-corrected chi connectivity index (χ1v) is 6.49. The van der Waals surface area contributed by atoms with Gasteiger partial charge >= 0.3 is 6.09 Å². The highest BCUT2D eigenvalue weighted by Gasteiger charge is 2.14. The molecule has 0 bridgehead atoms. The van der Waals surface area contributed by atoms with Crippen LogP contribution in [0.15, 0.2) is 24.4 Å². The lowest BCUT2D eigenvalue weighted by Crippen LogP contribution is -2.32. The third kappa shape index (κ3) is 7.47. The Labute approximate surface area is 118 Å². The van der Waals surface area contributed by atoms with Crippen LogP contribution in [0.4, 0.5) is 4.79 Å². The van der Waals surface area contributed by atoms with E-state index in [4.69, 9.17) is 16.3 Å². The second-order valence-electron chi connectivity index (χ2n) is 5.02. The number of nitrogens with one attached hydrogen (secondary N) is 1. The molecule has 0 unspecified atom stereocenters. The molecule has 0 aromatic carbocycles. The minimum absolute atomic E-state index is 0.401. The Bertz CT molecular complexity index is 453. The summed E-state index contributed by atoms with van der Waals surface area (Å²) in [6.07, 6.45) is 5.74. The third-order valence-electron chi connectivity index (χ3n) is 2.01. The Morgan fingerprint density at radius 1 is 1.53 bits per heavy atom. The van der Waals surface area contributed by atoms with Crippen LogP contribution >= 0.6 is 11.6 Å². The molecule has 1 N–H and O–H groups in total. The molecule has 0 spiro atoms. The van der Waals surface area contributed by atoms with E-state index >= 15 is 0 Å². The fourth-order valence-electron chi connectivity index (χ4n) is 1.29. The van der Waals surface area contributed by atoms with Gasteiger partial charge in [-0.1, -0.05) is 17.7 Å². The number of hydrogen-bond acceptors (Lipinski definition) is 3. The smallest absolute Gasteiger partial charge is 0.407 e. The number of hydrogen-bond donors (Lipinski definition) is 1. The monoisotopic (exact) mass is 282 g/mol. The number of alkyl carbamates (subject to hydrolysis) is 1. The van der Waals surface area contributed by atoms with Crippen molar-refractivity contribution >= 4 is 23.8 Å². The van der Waals surface area contributed by atoms with Crippen LogP contribution in [0.5, 0.6) is 0 Å². The molecule has 1 heterocycles. The highest BCUT2D eigenvalue weighted by Crippen LogP contribution is 2.09. The Kier molecular flexibility index (Phi) is 5.83. The van der Waals surface area contributed by atoms with Crippen molar-refractivity contribution in [2.45, 2.75) is 32.8 Å². The lowest BCUT2D eigenvalue weighted by atomic mass is 10.2. The molecule has 0 aliphatic heterocycles. The van der Waals surface area contributed by atoms with Crippen LogP contribution in [-0.4, -0.2) is 23.2 Å². The topological polar surface area (TPSA) is 51.2 Å². The molecule has 1 rings (SSSR count). The third-order valence-corrected chi connectivity index (χ3v) is 2.25. The summed E-state index contributed by atoms with van der Waals surface area (Å²) in [6, 6.07) is 3.50. The van der Waals surface area contributed by atoms with E-state index in [1.54, 1.807) is 18.3 Å². The summed E-state index contributed by atoms with van der Waals surface area (Å²) in [7, 11) is 0. The van der Waals surface area contributed by atoms with Gasteiger partial charge in [0.25, 0.3) is 0 Å². The molecule has 1 aromatic rings. The van der Waals surface area contributed by atoms with Gasteiger partial charge in [0, 0.05) is 17.8 Å². The van der Waals surface area contributed by atoms with Crippen molar-refractivity contribution in [2.24, 2.45) is 0 Å². The number of carbonyl (C=O) groups is 1. The molecule has 0 saturated carbocycles. The van der Waals surface area contributed by atoms with E-state index in [0.717, 1.165) is 5.69 Å². The number of halogens is 1. The van der Waals surface area contributed by atoms with Gasteiger partial charge in [-0.3, -0.25) is 4.98 Å². The first-order chi connectivity index (χ1) is 8.87. The van der Waals surface area contributed by atoms with Crippen molar-refractivity contribution in [2.75, 3.05) is 6.54 Å². The van der Waals surface area contributed by atoms with Gasteiger partial charge < -0.3 is 10.1 Å². The Morgan fingerprint density at radius 2 is 2.26 bits per heavy atom.